The number of H-pyrrole nitrogens is 1. The predicted octanol–water partition coefficient (Wildman–Crippen LogP) is 1.57. The molecule has 0 spiro atoms. The minimum Gasteiger partial charge on any atom is -0.484 e. The van der Waals surface area contributed by atoms with Gasteiger partial charge >= 0.3 is 0 Å². The quantitative estimate of drug-likeness (QED) is 0.845. The SMILES string of the molecule is O=C(COc1cccc(F)c1)Nc1cn[nH]c1. The molecule has 0 aliphatic heterocycles. The molecule has 1 aromatic heterocycles. The number of ether oxygens (including phenoxy) is 1. The summed E-state index contributed by atoms with van der Waals surface area (Å²) in [5.41, 5.74) is 0.554. The zero-order chi connectivity index (χ0) is 12.1. The number of hydrogen-bond donors (Lipinski definition) is 2. The molecule has 0 fully saturated rings. The van der Waals surface area contributed by atoms with Crippen molar-refractivity contribution in [3.63, 3.8) is 0 Å². The van der Waals surface area contributed by atoms with Crippen molar-refractivity contribution in [1.29, 1.82) is 0 Å². The van der Waals surface area contributed by atoms with Gasteiger partial charge in [-0.25, -0.2) is 4.39 Å². The molecule has 0 saturated carbocycles. The molecule has 2 N–H and O–H groups in total. The Hall–Kier alpha value is -2.37. The molecule has 0 atom stereocenters. The van der Waals surface area contributed by atoms with Crippen molar-refractivity contribution < 1.29 is 13.9 Å². The second-order valence-electron chi connectivity index (χ2n) is 3.28. The van der Waals surface area contributed by atoms with Crippen LogP contribution in [-0.4, -0.2) is 22.7 Å². The highest BCUT2D eigenvalue weighted by Crippen LogP contribution is 2.11. The summed E-state index contributed by atoms with van der Waals surface area (Å²) >= 11 is 0. The van der Waals surface area contributed by atoms with E-state index in [1.165, 1.54) is 24.4 Å². The number of anilines is 1. The van der Waals surface area contributed by atoms with Gasteiger partial charge in [-0.15, -0.1) is 0 Å². The number of nitrogens with zero attached hydrogens (tertiary/aromatic N) is 1. The molecule has 0 aliphatic rings. The van der Waals surface area contributed by atoms with Crippen molar-refractivity contribution in [2.45, 2.75) is 0 Å². The lowest BCUT2D eigenvalue weighted by molar-refractivity contribution is -0.118. The molecule has 1 amide bonds. The minimum absolute atomic E-state index is 0.186. The average Bonchev–Trinajstić information content (AvgIpc) is 2.79. The Morgan fingerprint density at radius 2 is 2.41 bits per heavy atom. The van der Waals surface area contributed by atoms with Crippen LogP contribution in [-0.2, 0) is 4.79 Å². The molecule has 1 aromatic carbocycles. The van der Waals surface area contributed by atoms with Gasteiger partial charge in [-0.3, -0.25) is 9.89 Å². The summed E-state index contributed by atoms with van der Waals surface area (Å²) in [4.78, 5) is 11.4. The van der Waals surface area contributed by atoms with Gasteiger partial charge in [-0.1, -0.05) is 6.07 Å². The van der Waals surface area contributed by atoms with E-state index < -0.39 is 5.82 Å². The lowest BCUT2D eigenvalue weighted by atomic mass is 10.3. The number of aromatic amines is 1. The summed E-state index contributed by atoms with van der Waals surface area (Å²) < 4.78 is 17.9. The maximum atomic E-state index is 12.8. The number of nitrogens with one attached hydrogen (secondary N) is 2. The van der Waals surface area contributed by atoms with E-state index in [-0.39, 0.29) is 12.5 Å². The molecule has 5 nitrogen and oxygen atoms in total. The zero-order valence-corrected chi connectivity index (χ0v) is 8.81. The van der Waals surface area contributed by atoms with E-state index in [0.29, 0.717) is 11.4 Å². The van der Waals surface area contributed by atoms with Gasteiger partial charge in [0.2, 0.25) is 0 Å². The summed E-state index contributed by atoms with van der Waals surface area (Å²) in [5, 5.41) is 8.79. The van der Waals surface area contributed by atoms with Gasteiger partial charge in [0.25, 0.3) is 5.91 Å². The van der Waals surface area contributed by atoms with E-state index >= 15 is 0 Å². The lowest BCUT2D eigenvalue weighted by Crippen LogP contribution is -2.19. The van der Waals surface area contributed by atoms with Crippen LogP contribution in [0.2, 0.25) is 0 Å². The van der Waals surface area contributed by atoms with Gasteiger partial charge in [0.1, 0.15) is 11.6 Å². The molecular formula is C11H10FN3O2. The molecule has 6 heteroatoms. The van der Waals surface area contributed by atoms with E-state index in [9.17, 15) is 9.18 Å². The number of halogens is 1. The van der Waals surface area contributed by atoms with Gasteiger partial charge in [0.15, 0.2) is 6.61 Å². The third-order valence-corrected chi connectivity index (χ3v) is 1.95. The lowest BCUT2D eigenvalue weighted by Gasteiger charge is -2.05. The van der Waals surface area contributed by atoms with Gasteiger partial charge in [0, 0.05) is 12.3 Å². The monoisotopic (exact) mass is 235 g/mol. The molecule has 0 aliphatic carbocycles. The van der Waals surface area contributed by atoms with Crippen LogP contribution in [0.4, 0.5) is 10.1 Å². The fourth-order valence-electron chi connectivity index (χ4n) is 1.22. The fraction of sp³-hybridized carbons (Fsp3) is 0.0909. The van der Waals surface area contributed by atoms with Gasteiger partial charge < -0.3 is 10.1 Å². The van der Waals surface area contributed by atoms with Crippen molar-refractivity contribution in [3.05, 3.63) is 42.5 Å². The summed E-state index contributed by atoms with van der Waals surface area (Å²) in [5.74, 6) is -0.430. The van der Waals surface area contributed by atoms with Crippen LogP contribution in [0.3, 0.4) is 0 Å². The first-order chi connectivity index (χ1) is 8.24. The highest BCUT2D eigenvalue weighted by molar-refractivity contribution is 5.91. The largest absolute Gasteiger partial charge is 0.484 e. The summed E-state index contributed by atoms with van der Waals surface area (Å²) in [7, 11) is 0. The molecule has 88 valence electrons. The molecule has 0 saturated heterocycles. The first kappa shape index (κ1) is 11.1. The molecule has 0 unspecified atom stereocenters. The highest BCUT2D eigenvalue weighted by atomic mass is 19.1. The Labute approximate surface area is 96.6 Å². The number of rotatable bonds is 4. The third kappa shape index (κ3) is 3.30. The fourth-order valence-corrected chi connectivity index (χ4v) is 1.22. The first-order valence-corrected chi connectivity index (χ1v) is 4.91. The van der Waals surface area contributed by atoms with Crippen molar-refractivity contribution in [3.8, 4) is 5.75 Å². The van der Waals surface area contributed by atoms with Crippen molar-refractivity contribution in [2.75, 3.05) is 11.9 Å². The smallest absolute Gasteiger partial charge is 0.262 e. The number of aromatic nitrogens is 2. The van der Waals surface area contributed by atoms with E-state index in [0.717, 1.165) is 0 Å². The Morgan fingerprint density at radius 3 is 3.12 bits per heavy atom. The number of carbonyl (C=O) groups is 1. The summed E-state index contributed by atoms with van der Waals surface area (Å²) in [6, 6.07) is 5.61. The zero-order valence-electron chi connectivity index (χ0n) is 8.81. The summed E-state index contributed by atoms with van der Waals surface area (Å²) in [6.07, 6.45) is 3.01. The highest BCUT2D eigenvalue weighted by Gasteiger charge is 2.04. The van der Waals surface area contributed by atoms with Crippen molar-refractivity contribution >= 4 is 11.6 Å². The van der Waals surface area contributed by atoms with Gasteiger partial charge in [0.05, 0.1) is 11.9 Å². The standard InChI is InChI=1S/C11H10FN3O2/c12-8-2-1-3-10(4-8)17-7-11(16)15-9-5-13-14-6-9/h1-6H,7H2,(H,13,14)(H,15,16). The van der Waals surface area contributed by atoms with Crippen LogP contribution in [0, 0.1) is 5.82 Å². The Morgan fingerprint density at radius 1 is 1.53 bits per heavy atom. The van der Waals surface area contributed by atoms with E-state index in [2.05, 4.69) is 15.5 Å². The molecular weight excluding hydrogens is 225 g/mol. The minimum atomic E-state index is -0.405. The van der Waals surface area contributed by atoms with Crippen LogP contribution in [0.15, 0.2) is 36.7 Å². The molecule has 0 radical (unpaired) electrons. The Kier molecular flexibility index (Phi) is 3.34. The van der Waals surface area contributed by atoms with Crippen molar-refractivity contribution in [1.82, 2.24) is 10.2 Å². The van der Waals surface area contributed by atoms with E-state index in [4.69, 9.17) is 4.74 Å². The number of amides is 1. The van der Waals surface area contributed by atoms with Crippen molar-refractivity contribution in [2.24, 2.45) is 0 Å². The molecule has 2 aromatic rings. The van der Waals surface area contributed by atoms with Gasteiger partial charge in [-0.2, -0.15) is 5.10 Å². The molecule has 17 heavy (non-hydrogen) atoms. The normalized spacial score (nSPS) is 9.94. The van der Waals surface area contributed by atoms with Crippen LogP contribution < -0.4 is 10.1 Å². The average molecular weight is 235 g/mol. The van der Waals surface area contributed by atoms with Crippen LogP contribution in [0.25, 0.3) is 0 Å². The summed E-state index contributed by atoms with van der Waals surface area (Å²) in [6.45, 7) is -0.186. The maximum absolute atomic E-state index is 12.8. The Bertz CT molecular complexity index is 499. The second-order valence-corrected chi connectivity index (χ2v) is 3.28. The molecule has 2 rings (SSSR count). The molecule has 0 bridgehead atoms. The van der Waals surface area contributed by atoms with Crippen LogP contribution >= 0.6 is 0 Å². The number of hydrogen-bond acceptors (Lipinski definition) is 3. The predicted molar refractivity (Wildman–Crippen MR) is 59.1 cm³/mol. The second kappa shape index (κ2) is 5.11. The number of benzene rings is 1. The maximum Gasteiger partial charge on any atom is 0.262 e. The molecule has 1 heterocycles. The topological polar surface area (TPSA) is 67.0 Å². The van der Waals surface area contributed by atoms with E-state index in [1.54, 1.807) is 12.3 Å². The van der Waals surface area contributed by atoms with Crippen LogP contribution in [0.5, 0.6) is 5.75 Å². The number of carbonyl (C=O) groups excluding carboxylic acids is 1. The first-order valence-electron chi connectivity index (χ1n) is 4.91. The van der Waals surface area contributed by atoms with Gasteiger partial charge in [-0.05, 0) is 12.1 Å². The van der Waals surface area contributed by atoms with E-state index in [1.807, 2.05) is 0 Å². The van der Waals surface area contributed by atoms with Crippen LogP contribution in [0.1, 0.15) is 0 Å². The Balaban J connectivity index is 1.84. The third-order valence-electron chi connectivity index (χ3n) is 1.95.